The van der Waals surface area contributed by atoms with Gasteiger partial charge in [0.15, 0.2) is 0 Å². The van der Waals surface area contributed by atoms with E-state index in [1.165, 1.54) is 7.11 Å². The molecule has 0 unspecified atom stereocenters. The first-order valence-corrected chi connectivity index (χ1v) is 8.94. The smallest absolute Gasteiger partial charge is 0.326 e. The molecule has 0 radical (unpaired) electrons. The van der Waals surface area contributed by atoms with Crippen molar-refractivity contribution in [1.29, 1.82) is 0 Å². The summed E-state index contributed by atoms with van der Waals surface area (Å²) in [6.45, 7) is 3.23. The molecule has 1 fully saturated rings. The Labute approximate surface area is 162 Å². The van der Waals surface area contributed by atoms with Crippen LogP contribution in [0.4, 0.5) is 0 Å². The second-order valence-corrected chi connectivity index (χ2v) is 7.59. The lowest BCUT2D eigenvalue weighted by atomic mass is 9.70. The quantitative estimate of drug-likeness (QED) is 0.490. The molecule has 7 heteroatoms. The van der Waals surface area contributed by atoms with Crippen LogP contribution >= 0.6 is 11.6 Å². The monoisotopic (exact) mass is 388 g/mol. The zero-order valence-electron chi connectivity index (χ0n) is 15.3. The van der Waals surface area contributed by atoms with Crippen molar-refractivity contribution in [3.63, 3.8) is 0 Å². The number of nitro groups is 1. The van der Waals surface area contributed by atoms with Gasteiger partial charge in [-0.15, -0.1) is 0 Å². The molecule has 1 aliphatic rings. The van der Waals surface area contributed by atoms with E-state index in [9.17, 15) is 14.9 Å². The predicted octanol–water partition coefficient (Wildman–Crippen LogP) is 3.74. The maximum atomic E-state index is 12.7. The largest absolute Gasteiger partial charge is 0.468 e. The van der Waals surface area contributed by atoms with Gasteiger partial charge < -0.3 is 4.74 Å². The molecule has 0 aromatic heterocycles. The van der Waals surface area contributed by atoms with E-state index >= 15 is 0 Å². The molecule has 142 valence electrons. The van der Waals surface area contributed by atoms with Crippen LogP contribution in [0.1, 0.15) is 36.9 Å². The summed E-state index contributed by atoms with van der Waals surface area (Å²) in [5.41, 5.74) is -1.39. The van der Waals surface area contributed by atoms with Crippen LogP contribution < -0.4 is 5.32 Å². The molecular formula is C20H21ClN2O4. The number of esters is 1. The van der Waals surface area contributed by atoms with Crippen molar-refractivity contribution in [2.45, 2.75) is 36.9 Å². The molecule has 0 spiro atoms. The molecule has 3 rings (SSSR count). The van der Waals surface area contributed by atoms with E-state index < -0.39 is 29.0 Å². The van der Waals surface area contributed by atoms with Gasteiger partial charge in [0.25, 0.3) is 0 Å². The number of carbonyl (C=O) groups excluding carboxylic acids is 1. The molecule has 1 N–H and O–H groups in total. The highest BCUT2D eigenvalue weighted by atomic mass is 35.5. The molecule has 2 aromatic carbocycles. The molecule has 6 nitrogen and oxygen atoms in total. The van der Waals surface area contributed by atoms with Crippen molar-refractivity contribution in [1.82, 2.24) is 5.32 Å². The first-order chi connectivity index (χ1) is 12.7. The van der Waals surface area contributed by atoms with Crippen molar-refractivity contribution in [3.8, 4) is 0 Å². The van der Waals surface area contributed by atoms with E-state index in [2.05, 4.69) is 5.32 Å². The molecule has 27 heavy (non-hydrogen) atoms. The molecule has 0 aliphatic carbocycles. The number of carbonyl (C=O) groups is 1. The van der Waals surface area contributed by atoms with Gasteiger partial charge in [0.1, 0.15) is 11.6 Å². The second kappa shape index (κ2) is 6.94. The molecule has 1 saturated heterocycles. The number of rotatable bonds is 4. The fraction of sp³-hybridized carbons (Fsp3) is 0.350. The van der Waals surface area contributed by atoms with Crippen LogP contribution in [0.25, 0.3) is 0 Å². The Bertz CT molecular complexity index is 858. The van der Waals surface area contributed by atoms with Crippen LogP contribution in [0.15, 0.2) is 54.6 Å². The normalized spacial score (nSPS) is 30.1. The maximum Gasteiger partial charge on any atom is 0.326 e. The summed E-state index contributed by atoms with van der Waals surface area (Å²) in [6.07, 6.45) is 0. The topological polar surface area (TPSA) is 81.5 Å². The Morgan fingerprint density at radius 1 is 1.11 bits per heavy atom. The number of nitrogens with zero attached hydrogens (tertiary/aromatic N) is 1. The average Bonchev–Trinajstić information content (AvgIpc) is 2.92. The number of methoxy groups -OCH3 is 1. The van der Waals surface area contributed by atoms with Crippen LogP contribution in [-0.4, -0.2) is 29.1 Å². The summed E-state index contributed by atoms with van der Waals surface area (Å²) >= 11 is 6.00. The number of hydrogen-bond donors (Lipinski definition) is 1. The van der Waals surface area contributed by atoms with E-state index in [0.29, 0.717) is 10.6 Å². The van der Waals surface area contributed by atoms with Crippen molar-refractivity contribution in [3.05, 3.63) is 80.9 Å². The van der Waals surface area contributed by atoms with Crippen molar-refractivity contribution >= 4 is 17.6 Å². The lowest BCUT2D eigenvalue weighted by molar-refractivity contribution is -0.571. The predicted molar refractivity (Wildman–Crippen MR) is 102 cm³/mol. The summed E-state index contributed by atoms with van der Waals surface area (Å²) in [5.74, 6) is -1.32. The summed E-state index contributed by atoms with van der Waals surface area (Å²) in [6, 6.07) is 15.2. The molecule has 1 aliphatic heterocycles. The lowest BCUT2D eigenvalue weighted by Crippen LogP contribution is -2.51. The number of ether oxygens (including phenoxy) is 1. The van der Waals surface area contributed by atoms with Gasteiger partial charge in [-0.2, -0.15) is 0 Å². The molecule has 0 bridgehead atoms. The van der Waals surface area contributed by atoms with Gasteiger partial charge in [-0.1, -0.05) is 54.1 Å². The molecule has 4 atom stereocenters. The van der Waals surface area contributed by atoms with E-state index in [-0.39, 0.29) is 4.92 Å². The minimum Gasteiger partial charge on any atom is -0.468 e. The van der Waals surface area contributed by atoms with Gasteiger partial charge in [-0.3, -0.25) is 20.2 Å². The van der Waals surface area contributed by atoms with E-state index in [4.69, 9.17) is 16.3 Å². The van der Waals surface area contributed by atoms with Gasteiger partial charge in [0.05, 0.1) is 13.0 Å². The highest BCUT2D eigenvalue weighted by Crippen LogP contribution is 2.53. The Balaban J connectivity index is 2.25. The SMILES string of the molecule is COC(=O)[C@@]1(C)N[C@@H](c2ccccc2)[C@@](C)([N+](=O)[O-])[C@@H]1c1ccc(Cl)cc1. The number of benzene rings is 2. The Hall–Kier alpha value is -2.44. The zero-order valence-corrected chi connectivity index (χ0v) is 16.1. The molecule has 0 amide bonds. The van der Waals surface area contributed by atoms with Gasteiger partial charge in [0, 0.05) is 16.9 Å². The van der Waals surface area contributed by atoms with Crippen LogP contribution in [0.3, 0.4) is 0 Å². The van der Waals surface area contributed by atoms with Crippen molar-refractivity contribution in [2.24, 2.45) is 0 Å². The molecular weight excluding hydrogens is 368 g/mol. The minimum absolute atomic E-state index is 0.300. The highest BCUT2D eigenvalue weighted by molar-refractivity contribution is 6.30. The van der Waals surface area contributed by atoms with Gasteiger partial charge in [0.2, 0.25) is 5.54 Å². The van der Waals surface area contributed by atoms with Gasteiger partial charge >= 0.3 is 5.97 Å². The first kappa shape index (κ1) is 19.3. The molecule has 0 saturated carbocycles. The zero-order chi connectivity index (χ0) is 19.8. The summed E-state index contributed by atoms with van der Waals surface area (Å²) in [7, 11) is 1.29. The Morgan fingerprint density at radius 2 is 1.70 bits per heavy atom. The first-order valence-electron chi connectivity index (χ1n) is 8.56. The maximum absolute atomic E-state index is 12.7. The standard InChI is InChI=1S/C20H21ClN2O4/c1-19(18(24)27-3)16(13-9-11-15(21)12-10-13)20(2,23(25)26)17(22-19)14-7-5-4-6-8-14/h4-12,16-17,22H,1-3H3/t16-,17+,19+,20+/m1/s1. The molecule has 2 aromatic rings. The third-order valence-electron chi connectivity index (χ3n) is 5.53. The third-order valence-corrected chi connectivity index (χ3v) is 5.78. The van der Waals surface area contributed by atoms with E-state index in [0.717, 1.165) is 5.56 Å². The molecule has 1 heterocycles. The fourth-order valence-corrected chi connectivity index (χ4v) is 4.40. The third kappa shape index (κ3) is 2.99. The van der Waals surface area contributed by atoms with Gasteiger partial charge in [-0.05, 0) is 30.2 Å². The number of nitrogens with one attached hydrogen (secondary N) is 1. The van der Waals surface area contributed by atoms with Crippen molar-refractivity contribution in [2.75, 3.05) is 7.11 Å². The Kier molecular flexibility index (Phi) is 4.97. The van der Waals surface area contributed by atoms with Gasteiger partial charge in [-0.25, -0.2) is 0 Å². The highest BCUT2D eigenvalue weighted by Gasteiger charge is 2.69. The fourth-order valence-electron chi connectivity index (χ4n) is 4.27. The van der Waals surface area contributed by atoms with Crippen LogP contribution in [0.5, 0.6) is 0 Å². The van der Waals surface area contributed by atoms with Crippen LogP contribution in [0.2, 0.25) is 5.02 Å². The van der Waals surface area contributed by atoms with Crippen LogP contribution in [0, 0.1) is 10.1 Å². The average molecular weight is 389 g/mol. The van der Waals surface area contributed by atoms with E-state index in [1.807, 2.05) is 30.3 Å². The number of hydrogen-bond acceptors (Lipinski definition) is 5. The number of halogens is 1. The summed E-state index contributed by atoms with van der Waals surface area (Å²) in [5, 5.41) is 16.1. The summed E-state index contributed by atoms with van der Waals surface area (Å²) in [4.78, 5) is 24.8. The minimum atomic E-state index is -1.49. The van der Waals surface area contributed by atoms with E-state index in [1.54, 1.807) is 38.1 Å². The Morgan fingerprint density at radius 3 is 2.22 bits per heavy atom. The van der Waals surface area contributed by atoms with Crippen molar-refractivity contribution < 1.29 is 14.5 Å². The summed E-state index contributed by atoms with van der Waals surface area (Å²) < 4.78 is 5.02. The lowest BCUT2D eigenvalue weighted by Gasteiger charge is -2.32. The van der Waals surface area contributed by atoms with Crippen LogP contribution in [-0.2, 0) is 9.53 Å². The second-order valence-electron chi connectivity index (χ2n) is 7.15.